The van der Waals surface area contributed by atoms with Crippen LogP contribution in [-0.2, 0) is 9.47 Å². The number of hydrogen-bond donors (Lipinski definition) is 1. The predicted molar refractivity (Wildman–Crippen MR) is 48.3 cm³/mol. The van der Waals surface area contributed by atoms with E-state index in [4.69, 9.17) is 9.47 Å². The average molecular weight is 191 g/mol. The van der Waals surface area contributed by atoms with Crippen molar-refractivity contribution >= 4 is 0 Å². The minimum absolute atomic E-state index is 0.330. The summed E-state index contributed by atoms with van der Waals surface area (Å²) in [6, 6.07) is 0.359. The van der Waals surface area contributed by atoms with E-state index >= 15 is 0 Å². The predicted octanol–water partition coefficient (Wildman–Crippen LogP) is 1.08. The van der Waals surface area contributed by atoms with E-state index in [-0.39, 0.29) is 6.10 Å². The van der Waals surface area contributed by atoms with Gasteiger partial charge in [-0.1, -0.05) is 0 Å². The van der Waals surface area contributed by atoms with Crippen molar-refractivity contribution in [1.29, 1.82) is 0 Å². The van der Waals surface area contributed by atoms with E-state index in [2.05, 4.69) is 5.32 Å². The van der Waals surface area contributed by atoms with E-state index in [1.807, 2.05) is 13.8 Å². The van der Waals surface area contributed by atoms with Gasteiger partial charge in [-0.2, -0.15) is 0 Å². The molecule has 1 aliphatic heterocycles. The number of alkyl halides is 1. The molecule has 0 bridgehead atoms. The summed E-state index contributed by atoms with van der Waals surface area (Å²) in [6.07, 6.45) is -1.72. The summed E-state index contributed by atoms with van der Waals surface area (Å²) < 4.78 is 23.6. The monoisotopic (exact) mass is 191 g/mol. The van der Waals surface area contributed by atoms with Crippen LogP contribution in [0.4, 0.5) is 4.39 Å². The molecule has 0 saturated carbocycles. The molecule has 0 spiro atoms. The Kier molecular flexibility index (Phi) is 4.09. The van der Waals surface area contributed by atoms with Crippen molar-refractivity contribution < 1.29 is 13.9 Å². The molecule has 1 saturated heterocycles. The minimum atomic E-state index is -0.992. The van der Waals surface area contributed by atoms with Gasteiger partial charge >= 0.3 is 0 Å². The maximum absolute atomic E-state index is 13.2. The van der Waals surface area contributed by atoms with Crippen LogP contribution >= 0.6 is 0 Å². The van der Waals surface area contributed by atoms with Crippen LogP contribution in [0.2, 0.25) is 0 Å². The second-order valence-corrected chi connectivity index (χ2v) is 3.69. The van der Waals surface area contributed by atoms with E-state index in [1.54, 1.807) is 6.92 Å². The highest BCUT2D eigenvalue weighted by Gasteiger charge is 2.35. The first-order chi connectivity index (χ1) is 6.11. The molecule has 0 aliphatic carbocycles. The number of rotatable bonds is 4. The molecule has 1 rings (SSSR count). The Morgan fingerprint density at radius 1 is 1.62 bits per heavy atom. The van der Waals surface area contributed by atoms with Gasteiger partial charge in [0.1, 0.15) is 6.10 Å². The zero-order chi connectivity index (χ0) is 9.84. The van der Waals surface area contributed by atoms with Gasteiger partial charge in [0.05, 0.1) is 19.4 Å². The Morgan fingerprint density at radius 2 is 2.31 bits per heavy atom. The highest BCUT2D eigenvalue weighted by atomic mass is 19.1. The molecule has 3 atom stereocenters. The standard InChI is InChI=1S/C9H18FNO2/c1-6(2)11-5-13-8-4-12-7(3)9(8)10/h6-9,11H,4-5H2,1-3H3/t7-,8-,9-/m1/s1. The molecule has 1 aliphatic rings. The molecular formula is C9H18FNO2. The van der Waals surface area contributed by atoms with E-state index in [9.17, 15) is 4.39 Å². The van der Waals surface area contributed by atoms with Crippen molar-refractivity contribution in [3.05, 3.63) is 0 Å². The Labute approximate surface area is 78.6 Å². The molecule has 0 aromatic carbocycles. The van der Waals surface area contributed by atoms with Crippen molar-refractivity contribution in [3.8, 4) is 0 Å². The fourth-order valence-corrected chi connectivity index (χ4v) is 1.19. The topological polar surface area (TPSA) is 30.5 Å². The Bertz CT molecular complexity index is 155. The Balaban J connectivity index is 2.15. The molecule has 13 heavy (non-hydrogen) atoms. The maximum Gasteiger partial charge on any atom is 0.154 e. The summed E-state index contributed by atoms with van der Waals surface area (Å²) in [7, 11) is 0. The molecule has 0 amide bonds. The van der Waals surface area contributed by atoms with Crippen molar-refractivity contribution in [2.45, 2.75) is 45.2 Å². The third-order valence-electron chi connectivity index (χ3n) is 2.12. The summed E-state index contributed by atoms with van der Waals surface area (Å²) in [5, 5.41) is 3.06. The quantitative estimate of drug-likeness (QED) is 0.675. The van der Waals surface area contributed by atoms with Crippen LogP contribution in [0.3, 0.4) is 0 Å². The van der Waals surface area contributed by atoms with Gasteiger partial charge in [-0.05, 0) is 20.8 Å². The molecule has 0 aromatic heterocycles. The van der Waals surface area contributed by atoms with Gasteiger partial charge in [-0.25, -0.2) is 4.39 Å². The van der Waals surface area contributed by atoms with Crippen LogP contribution in [-0.4, -0.2) is 37.8 Å². The fourth-order valence-electron chi connectivity index (χ4n) is 1.19. The molecule has 1 N–H and O–H groups in total. The van der Waals surface area contributed by atoms with Crippen LogP contribution in [0.1, 0.15) is 20.8 Å². The number of ether oxygens (including phenoxy) is 2. The summed E-state index contributed by atoms with van der Waals surface area (Å²) in [5.74, 6) is 0. The number of hydrogen-bond acceptors (Lipinski definition) is 3. The van der Waals surface area contributed by atoms with Crippen molar-refractivity contribution in [2.24, 2.45) is 0 Å². The normalized spacial score (nSPS) is 34.4. The molecule has 1 heterocycles. The van der Waals surface area contributed by atoms with Crippen molar-refractivity contribution in [3.63, 3.8) is 0 Å². The lowest BCUT2D eigenvalue weighted by Gasteiger charge is -2.15. The molecule has 3 nitrogen and oxygen atoms in total. The van der Waals surface area contributed by atoms with E-state index < -0.39 is 12.3 Å². The van der Waals surface area contributed by atoms with E-state index in [0.717, 1.165) is 0 Å². The molecule has 0 radical (unpaired) electrons. The highest BCUT2D eigenvalue weighted by Crippen LogP contribution is 2.19. The zero-order valence-corrected chi connectivity index (χ0v) is 8.42. The smallest absolute Gasteiger partial charge is 0.154 e. The molecular weight excluding hydrogens is 173 g/mol. The first kappa shape index (κ1) is 10.9. The van der Waals surface area contributed by atoms with Gasteiger partial charge in [-0.15, -0.1) is 0 Å². The summed E-state index contributed by atoms with van der Waals surface area (Å²) in [6.45, 7) is 6.51. The molecule has 78 valence electrons. The van der Waals surface area contributed by atoms with Gasteiger partial charge in [-0.3, -0.25) is 5.32 Å². The summed E-state index contributed by atoms with van der Waals surface area (Å²) >= 11 is 0. The lowest BCUT2D eigenvalue weighted by atomic mass is 10.2. The molecule has 0 unspecified atom stereocenters. The Hall–Kier alpha value is -0.190. The third-order valence-corrected chi connectivity index (χ3v) is 2.12. The molecule has 1 fully saturated rings. The highest BCUT2D eigenvalue weighted by molar-refractivity contribution is 4.81. The van der Waals surface area contributed by atoms with Gasteiger partial charge < -0.3 is 9.47 Å². The van der Waals surface area contributed by atoms with E-state index in [1.165, 1.54) is 0 Å². The first-order valence-electron chi connectivity index (χ1n) is 4.72. The second-order valence-electron chi connectivity index (χ2n) is 3.69. The molecule has 0 aromatic rings. The van der Waals surface area contributed by atoms with Crippen LogP contribution in [0.25, 0.3) is 0 Å². The SMILES string of the molecule is CC(C)NCO[C@@H]1CO[C@H](C)[C@H]1F. The van der Waals surface area contributed by atoms with E-state index in [0.29, 0.717) is 19.4 Å². The van der Waals surface area contributed by atoms with Gasteiger partial charge in [0.2, 0.25) is 0 Å². The van der Waals surface area contributed by atoms with Crippen LogP contribution < -0.4 is 5.32 Å². The third kappa shape index (κ3) is 3.21. The largest absolute Gasteiger partial charge is 0.373 e. The van der Waals surface area contributed by atoms with Gasteiger partial charge in [0, 0.05) is 6.04 Å². The number of nitrogens with one attached hydrogen (secondary N) is 1. The summed E-state index contributed by atoms with van der Waals surface area (Å²) in [5.41, 5.74) is 0. The van der Waals surface area contributed by atoms with Gasteiger partial charge in [0.15, 0.2) is 6.17 Å². The summed E-state index contributed by atoms with van der Waals surface area (Å²) in [4.78, 5) is 0. The average Bonchev–Trinajstić information content (AvgIpc) is 2.35. The van der Waals surface area contributed by atoms with Gasteiger partial charge in [0.25, 0.3) is 0 Å². The van der Waals surface area contributed by atoms with Crippen LogP contribution in [0.5, 0.6) is 0 Å². The zero-order valence-electron chi connectivity index (χ0n) is 8.42. The van der Waals surface area contributed by atoms with Crippen molar-refractivity contribution in [1.82, 2.24) is 5.32 Å². The van der Waals surface area contributed by atoms with Crippen LogP contribution in [0.15, 0.2) is 0 Å². The second kappa shape index (κ2) is 4.88. The Morgan fingerprint density at radius 3 is 2.77 bits per heavy atom. The van der Waals surface area contributed by atoms with Crippen molar-refractivity contribution in [2.75, 3.05) is 13.3 Å². The maximum atomic E-state index is 13.2. The number of halogens is 1. The van der Waals surface area contributed by atoms with Crippen LogP contribution in [0, 0.1) is 0 Å². The lowest BCUT2D eigenvalue weighted by Crippen LogP contribution is -2.33. The lowest BCUT2D eigenvalue weighted by molar-refractivity contribution is 0.00435. The first-order valence-corrected chi connectivity index (χ1v) is 4.72. The fraction of sp³-hybridized carbons (Fsp3) is 1.00. The minimum Gasteiger partial charge on any atom is -0.373 e. The molecule has 4 heteroatoms.